The van der Waals surface area contributed by atoms with E-state index in [1.54, 1.807) is 6.20 Å². The number of amides is 1. The van der Waals surface area contributed by atoms with Crippen LogP contribution in [0.25, 0.3) is 0 Å². The standard InChI is InChI=1S/C13H20N4O/c1-17(2)12-11(7-4-8-15-12)16-13(18)9-5-3-6-10(9)14/h4,7-10H,3,5-6,14H2,1-2H3,(H,16,18). The molecule has 1 saturated carbocycles. The van der Waals surface area contributed by atoms with Crippen molar-refractivity contribution in [1.82, 2.24) is 4.98 Å². The Labute approximate surface area is 107 Å². The summed E-state index contributed by atoms with van der Waals surface area (Å²) in [6, 6.07) is 3.67. The lowest BCUT2D eigenvalue weighted by atomic mass is 10.0. The van der Waals surface area contributed by atoms with Crippen molar-refractivity contribution in [1.29, 1.82) is 0 Å². The Morgan fingerprint density at radius 3 is 2.89 bits per heavy atom. The lowest BCUT2D eigenvalue weighted by Crippen LogP contribution is -2.34. The van der Waals surface area contributed by atoms with E-state index in [4.69, 9.17) is 5.73 Å². The third-order valence-electron chi connectivity index (χ3n) is 3.37. The number of carbonyl (C=O) groups is 1. The van der Waals surface area contributed by atoms with Gasteiger partial charge in [-0.1, -0.05) is 6.42 Å². The summed E-state index contributed by atoms with van der Waals surface area (Å²) >= 11 is 0. The molecule has 1 amide bonds. The Bertz CT molecular complexity index is 433. The smallest absolute Gasteiger partial charge is 0.229 e. The quantitative estimate of drug-likeness (QED) is 0.843. The molecule has 1 fully saturated rings. The van der Waals surface area contributed by atoms with Gasteiger partial charge in [-0.05, 0) is 25.0 Å². The molecule has 5 nitrogen and oxygen atoms in total. The number of aromatic nitrogens is 1. The van der Waals surface area contributed by atoms with Crippen LogP contribution in [0.5, 0.6) is 0 Å². The van der Waals surface area contributed by atoms with Gasteiger partial charge in [0.25, 0.3) is 0 Å². The number of rotatable bonds is 3. The van der Waals surface area contributed by atoms with Crippen LogP contribution in [0.15, 0.2) is 18.3 Å². The molecule has 0 spiro atoms. The molecule has 0 aliphatic heterocycles. The number of nitrogens with zero attached hydrogens (tertiary/aromatic N) is 2. The molecule has 5 heteroatoms. The SMILES string of the molecule is CN(C)c1ncccc1NC(=O)C1CCCC1N. The molecule has 98 valence electrons. The maximum atomic E-state index is 12.2. The molecule has 2 unspecified atom stereocenters. The Morgan fingerprint density at radius 1 is 1.50 bits per heavy atom. The minimum Gasteiger partial charge on any atom is -0.361 e. The van der Waals surface area contributed by atoms with Gasteiger partial charge in [0.05, 0.1) is 11.6 Å². The summed E-state index contributed by atoms with van der Waals surface area (Å²) in [5, 5.41) is 2.94. The molecular formula is C13H20N4O. The molecule has 1 aromatic rings. The van der Waals surface area contributed by atoms with E-state index in [0.29, 0.717) is 0 Å². The second-order valence-corrected chi connectivity index (χ2v) is 4.96. The molecule has 18 heavy (non-hydrogen) atoms. The van der Waals surface area contributed by atoms with Crippen molar-refractivity contribution in [2.75, 3.05) is 24.3 Å². The van der Waals surface area contributed by atoms with E-state index >= 15 is 0 Å². The monoisotopic (exact) mass is 248 g/mol. The molecule has 1 heterocycles. The number of nitrogens with two attached hydrogens (primary N) is 1. The van der Waals surface area contributed by atoms with E-state index in [1.165, 1.54) is 0 Å². The van der Waals surface area contributed by atoms with Crippen LogP contribution in [0.2, 0.25) is 0 Å². The van der Waals surface area contributed by atoms with Gasteiger partial charge in [-0.2, -0.15) is 0 Å². The summed E-state index contributed by atoms with van der Waals surface area (Å²) in [5.41, 5.74) is 6.69. The van der Waals surface area contributed by atoms with Gasteiger partial charge in [-0.3, -0.25) is 4.79 Å². The van der Waals surface area contributed by atoms with Crippen LogP contribution in [-0.2, 0) is 4.79 Å². The van der Waals surface area contributed by atoms with Gasteiger partial charge < -0.3 is 16.0 Å². The zero-order chi connectivity index (χ0) is 13.1. The van der Waals surface area contributed by atoms with Crippen molar-refractivity contribution in [3.8, 4) is 0 Å². The zero-order valence-corrected chi connectivity index (χ0v) is 10.9. The Kier molecular flexibility index (Phi) is 3.81. The number of hydrogen-bond donors (Lipinski definition) is 2. The fourth-order valence-electron chi connectivity index (χ4n) is 2.39. The molecule has 0 bridgehead atoms. The fourth-order valence-corrected chi connectivity index (χ4v) is 2.39. The van der Waals surface area contributed by atoms with Gasteiger partial charge in [0, 0.05) is 26.3 Å². The predicted octanol–water partition coefficient (Wildman–Crippen LogP) is 1.21. The van der Waals surface area contributed by atoms with Crippen molar-refractivity contribution >= 4 is 17.4 Å². The zero-order valence-electron chi connectivity index (χ0n) is 10.9. The summed E-state index contributed by atoms with van der Waals surface area (Å²) in [4.78, 5) is 18.3. The molecule has 1 aromatic heterocycles. The van der Waals surface area contributed by atoms with E-state index in [9.17, 15) is 4.79 Å². The fraction of sp³-hybridized carbons (Fsp3) is 0.538. The lowest BCUT2D eigenvalue weighted by molar-refractivity contribution is -0.120. The topological polar surface area (TPSA) is 71.2 Å². The number of carbonyl (C=O) groups excluding carboxylic acids is 1. The lowest BCUT2D eigenvalue weighted by Gasteiger charge is -2.19. The van der Waals surface area contributed by atoms with E-state index in [2.05, 4.69) is 10.3 Å². The van der Waals surface area contributed by atoms with Gasteiger partial charge in [0.15, 0.2) is 5.82 Å². The van der Waals surface area contributed by atoms with Gasteiger partial charge in [-0.25, -0.2) is 4.98 Å². The third kappa shape index (κ3) is 2.61. The van der Waals surface area contributed by atoms with Crippen LogP contribution in [-0.4, -0.2) is 31.0 Å². The highest BCUT2D eigenvalue weighted by atomic mass is 16.1. The normalized spacial score (nSPS) is 22.8. The summed E-state index contributed by atoms with van der Waals surface area (Å²) in [6.45, 7) is 0. The first-order valence-electron chi connectivity index (χ1n) is 6.28. The van der Waals surface area contributed by atoms with E-state index in [0.717, 1.165) is 30.8 Å². The van der Waals surface area contributed by atoms with Crippen molar-refractivity contribution in [3.63, 3.8) is 0 Å². The first kappa shape index (κ1) is 12.8. The second kappa shape index (κ2) is 5.35. The molecule has 0 aromatic carbocycles. The Balaban J connectivity index is 2.11. The first-order valence-corrected chi connectivity index (χ1v) is 6.28. The molecule has 2 atom stereocenters. The number of hydrogen-bond acceptors (Lipinski definition) is 4. The largest absolute Gasteiger partial charge is 0.361 e. The summed E-state index contributed by atoms with van der Waals surface area (Å²) in [7, 11) is 3.80. The highest BCUT2D eigenvalue weighted by Crippen LogP contribution is 2.27. The maximum Gasteiger partial charge on any atom is 0.229 e. The van der Waals surface area contributed by atoms with Crippen molar-refractivity contribution in [2.24, 2.45) is 11.7 Å². The minimum absolute atomic E-state index is 0.00974. The van der Waals surface area contributed by atoms with Crippen LogP contribution >= 0.6 is 0 Å². The van der Waals surface area contributed by atoms with Gasteiger partial charge in [-0.15, -0.1) is 0 Å². The average molecular weight is 248 g/mol. The van der Waals surface area contributed by atoms with Crippen LogP contribution in [0.3, 0.4) is 0 Å². The van der Waals surface area contributed by atoms with Gasteiger partial charge >= 0.3 is 0 Å². The summed E-state index contributed by atoms with van der Waals surface area (Å²) in [6.07, 6.45) is 4.56. The van der Waals surface area contributed by atoms with Crippen LogP contribution in [0, 0.1) is 5.92 Å². The second-order valence-electron chi connectivity index (χ2n) is 4.96. The van der Waals surface area contributed by atoms with E-state index in [-0.39, 0.29) is 17.9 Å². The van der Waals surface area contributed by atoms with E-state index < -0.39 is 0 Å². The highest BCUT2D eigenvalue weighted by Gasteiger charge is 2.30. The molecule has 0 saturated heterocycles. The van der Waals surface area contributed by atoms with Gasteiger partial charge in [0.1, 0.15) is 0 Å². The molecule has 3 N–H and O–H groups in total. The third-order valence-corrected chi connectivity index (χ3v) is 3.37. The summed E-state index contributed by atoms with van der Waals surface area (Å²) < 4.78 is 0. The van der Waals surface area contributed by atoms with Crippen molar-refractivity contribution < 1.29 is 4.79 Å². The van der Waals surface area contributed by atoms with Gasteiger partial charge in [0.2, 0.25) is 5.91 Å². The molecule has 1 aliphatic carbocycles. The van der Waals surface area contributed by atoms with E-state index in [1.807, 2.05) is 31.1 Å². The minimum atomic E-state index is -0.0692. The number of anilines is 2. The first-order chi connectivity index (χ1) is 8.59. The predicted molar refractivity (Wildman–Crippen MR) is 72.5 cm³/mol. The molecule has 2 rings (SSSR count). The highest BCUT2D eigenvalue weighted by molar-refractivity contribution is 5.95. The molecular weight excluding hydrogens is 228 g/mol. The number of pyridine rings is 1. The van der Waals surface area contributed by atoms with Crippen LogP contribution < -0.4 is 16.0 Å². The van der Waals surface area contributed by atoms with Crippen molar-refractivity contribution in [2.45, 2.75) is 25.3 Å². The summed E-state index contributed by atoms with van der Waals surface area (Å²) in [5.74, 6) is 0.703. The Morgan fingerprint density at radius 2 is 2.28 bits per heavy atom. The molecule has 1 aliphatic rings. The maximum absolute atomic E-state index is 12.2. The van der Waals surface area contributed by atoms with Crippen LogP contribution in [0.4, 0.5) is 11.5 Å². The number of nitrogens with one attached hydrogen (secondary N) is 1. The van der Waals surface area contributed by atoms with Crippen LogP contribution in [0.1, 0.15) is 19.3 Å². The average Bonchev–Trinajstić information content (AvgIpc) is 2.76. The Hall–Kier alpha value is -1.62. The molecule has 0 radical (unpaired) electrons. The van der Waals surface area contributed by atoms with Crippen molar-refractivity contribution in [3.05, 3.63) is 18.3 Å².